The highest BCUT2D eigenvalue weighted by molar-refractivity contribution is 5.55. The van der Waals surface area contributed by atoms with Crippen molar-refractivity contribution in [1.29, 1.82) is 0 Å². The molecule has 2 heterocycles. The van der Waals surface area contributed by atoms with Crippen LogP contribution in [-0.4, -0.2) is 32.8 Å². The van der Waals surface area contributed by atoms with Gasteiger partial charge in [-0.15, -0.1) is 0 Å². The van der Waals surface area contributed by atoms with Crippen molar-refractivity contribution in [2.24, 2.45) is 5.92 Å². The van der Waals surface area contributed by atoms with Gasteiger partial charge in [-0.2, -0.15) is 0 Å². The molecule has 0 spiro atoms. The Morgan fingerprint density at radius 2 is 1.74 bits per heavy atom. The largest absolute Gasteiger partial charge is 0.385 e. The second-order valence-corrected chi connectivity index (χ2v) is 5.68. The van der Waals surface area contributed by atoms with Gasteiger partial charge in [-0.05, 0) is 55.9 Å². The Labute approximate surface area is 115 Å². The molecule has 0 aliphatic carbocycles. The molecular formula is C16H24N2O. The van der Waals surface area contributed by atoms with E-state index in [2.05, 4.69) is 34.5 Å². The van der Waals surface area contributed by atoms with Crippen molar-refractivity contribution in [2.45, 2.75) is 25.7 Å². The van der Waals surface area contributed by atoms with E-state index in [9.17, 15) is 0 Å². The zero-order valence-corrected chi connectivity index (χ0v) is 11.6. The summed E-state index contributed by atoms with van der Waals surface area (Å²) in [6.45, 7) is 5.37. The minimum atomic E-state index is 0.770. The SMILES string of the molecule is c1cc(N2CCCC2)ccc1NCC1CCOCC1. The summed E-state index contributed by atoms with van der Waals surface area (Å²) in [4.78, 5) is 2.47. The minimum absolute atomic E-state index is 0.770. The normalized spacial score (nSPS) is 20.7. The summed E-state index contributed by atoms with van der Waals surface area (Å²) in [5.74, 6) is 0.770. The number of hydrogen-bond acceptors (Lipinski definition) is 3. The number of nitrogens with zero attached hydrogens (tertiary/aromatic N) is 1. The van der Waals surface area contributed by atoms with Crippen LogP contribution in [0.25, 0.3) is 0 Å². The molecule has 3 rings (SSSR count). The summed E-state index contributed by atoms with van der Waals surface area (Å²) < 4.78 is 5.39. The lowest BCUT2D eigenvalue weighted by atomic mass is 10.0. The second-order valence-electron chi connectivity index (χ2n) is 5.68. The molecule has 3 heteroatoms. The maximum Gasteiger partial charge on any atom is 0.0469 e. The summed E-state index contributed by atoms with van der Waals surface area (Å²) >= 11 is 0. The van der Waals surface area contributed by atoms with E-state index in [0.717, 1.165) is 25.7 Å². The molecule has 2 aliphatic rings. The lowest BCUT2D eigenvalue weighted by Gasteiger charge is -2.23. The van der Waals surface area contributed by atoms with E-state index in [-0.39, 0.29) is 0 Å². The lowest BCUT2D eigenvalue weighted by Crippen LogP contribution is -2.22. The summed E-state index contributed by atoms with van der Waals surface area (Å²) in [6.07, 6.45) is 5.06. The number of anilines is 2. The maximum atomic E-state index is 5.39. The van der Waals surface area contributed by atoms with Gasteiger partial charge < -0.3 is 15.0 Å². The Hall–Kier alpha value is -1.22. The zero-order valence-electron chi connectivity index (χ0n) is 11.6. The van der Waals surface area contributed by atoms with E-state index >= 15 is 0 Å². The molecule has 1 N–H and O–H groups in total. The van der Waals surface area contributed by atoms with Crippen molar-refractivity contribution >= 4 is 11.4 Å². The number of nitrogens with one attached hydrogen (secondary N) is 1. The highest BCUT2D eigenvalue weighted by Crippen LogP contribution is 2.22. The van der Waals surface area contributed by atoms with E-state index in [1.807, 2.05) is 0 Å². The number of benzene rings is 1. The van der Waals surface area contributed by atoms with Gasteiger partial charge in [-0.1, -0.05) is 0 Å². The fraction of sp³-hybridized carbons (Fsp3) is 0.625. The molecule has 0 bridgehead atoms. The van der Waals surface area contributed by atoms with Gasteiger partial charge in [0.05, 0.1) is 0 Å². The summed E-state index contributed by atoms with van der Waals surface area (Å²) in [7, 11) is 0. The number of rotatable bonds is 4. The summed E-state index contributed by atoms with van der Waals surface area (Å²) in [6, 6.07) is 8.93. The Balaban J connectivity index is 1.50. The predicted molar refractivity (Wildman–Crippen MR) is 79.9 cm³/mol. The monoisotopic (exact) mass is 260 g/mol. The lowest BCUT2D eigenvalue weighted by molar-refractivity contribution is 0.0699. The standard InChI is InChI=1S/C16H24N2O/c1-2-10-18(9-1)16-5-3-15(4-6-16)17-13-14-7-11-19-12-8-14/h3-6,14,17H,1-2,7-13H2. The first-order valence-corrected chi connectivity index (χ1v) is 7.58. The van der Waals surface area contributed by atoms with Gasteiger partial charge in [0.25, 0.3) is 0 Å². The van der Waals surface area contributed by atoms with Crippen LogP contribution in [-0.2, 0) is 4.74 Å². The molecule has 1 aromatic rings. The molecule has 3 nitrogen and oxygen atoms in total. The van der Waals surface area contributed by atoms with Crippen molar-refractivity contribution in [3.05, 3.63) is 24.3 Å². The Morgan fingerprint density at radius 1 is 1.05 bits per heavy atom. The minimum Gasteiger partial charge on any atom is -0.385 e. The van der Waals surface area contributed by atoms with Crippen molar-refractivity contribution < 1.29 is 4.74 Å². The molecular weight excluding hydrogens is 236 g/mol. The first-order chi connectivity index (χ1) is 9.42. The van der Waals surface area contributed by atoms with E-state index in [4.69, 9.17) is 4.74 Å². The number of hydrogen-bond donors (Lipinski definition) is 1. The fourth-order valence-corrected chi connectivity index (χ4v) is 2.98. The van der Waals surface area contributed by atoms with Crippen LogP contribution in [0.4, 0.5) is 11.4 Å². The van der Waals surface area contributed by atoms with E-state index in [0.29, 0.717) is 0 Å². The molecule has 0 radical (unpaired) electrons. The molecule has 2 saturated heterocycles. The first-order valence-electron chi connectivity index (χ1n) is 7.58. The zero-order chi connectivity index (χ0) is 12.9. The van der Waals surface area contributed by atoms with Gasteiger partial charge >= 0.3 is 0 Å². The average Bonchev–Trinajstić information content (AvgIpc) is 3.01. The molecule has 104 valence electrons. The van der Waals surface area contributed by atoms with Crippen LogP contribution in [0.2, 0.25) is 0 Å². The topological polar surface area (TPSA) is 24.5 Å². The van der Waals surface area contributed by atoms with Gasteiger partial charge in [-0.3, -0.25) is 0 Å². The molecule has 2 fully saturated rings. The van der Waals surface area contributed by atoms with Crippen LogP contribution >= 0.6 is 0 Å². The fourth-order valence-electron chi connectivity index (χ4n) is 2.98. The third kappa shape index (κ3) is 3.41. The van der Waals surface area contributed by atoms with Gasteiger partial charge in [0.1, 0.15) is 0 Å². The van der Waals surface area contributed by atoms with Gasteiger partial charge in [-0.25, -0.2) is 0 Å². The van der Waals surface area contributed by atoms with Crippen LogP contribution in [0, 0.1) is 5.92 Å². The third-order valence-electron chi connectivity index (χ3n) is 4.27. The van der Waals surface area contributed by atoms with Crippen molar-refractivity contribution in [3.8, 4) is 0 Å². The highest BCUT2D eigenvalue weighted by atomic mass is 16.5. The van der Waals surface area contributed by atoms with Crippen LogP contribution in [0.5, 0.6) is 0 Å². The van der Waals surface area contributed by atoms with Crippen LogP contribution in [0.3, 0.4) is 0 Å². The Morgan fingerprint density at radius 3 is 2.42 bits per heavy atom. The first kappa shape index (κ1) is 12.8. The second kappa shape index (κ2) is 6.29. The van der Waals surface area contributed by atoms with Crippen LogP contribution in [0.15, 0.2) is 24.3 Å². The van der Waals surface area contributed by atoms with Gasteiger partial charge in [0, 0.05) is 44.2 Å². The van der Waals surface area contributed by atoms with Gasteiger partial charge in [0.15, 0.2) is 0 Å². The molecule has 1 aromatic carbocycles. The highest BCUT2D eigenvalue weighted by Gasteiger charge is 2.14. The Kier molecular flexibility index (Phi) is 4.23. The molecule has 0 unspecified atom stereocenters. The smallest absolute Gasteiger partial charge is 0.0469 e. The molecule has 2 aliphatic heterocycles. The van der Waals surface area contributed by atoms with E-state index in [1.165, 1.54) is 50.1 Å². The van der Waals surface area contributed by atoms with Gasteiger partial charge in [0.2, 0.25) is 0 Å². The Bertz CT molecular complexity index is 378. The van der Waals surface area contributed by atoms with Crippen molar-refractivity contribution in [3.63, 3.8) is 0 Å². The number of ether oxygens (including phenoxy) is 1. The van der Waals surface area contributed by atoms with Crippen molar-refractivity contribution in [1.82, 2.24) is 0 Å². The molecule has 0 atom stereocenters. The summed E-state index contributed by atoms with van der Waals surface area (Å²) in [5, 5.41) is 3.56. The predicted octanol–water partition coefficient (Wildman–Crippen LogP) is 3.13. The molecule has 19 heavy (non-hydrogen) atoms. The summed E-state index contributed by atoms with van der Waals surface area (Å²) in [5.41, 5.74) is 2.61. The van der Waals surface area contributed by atoms with E-state index in [1.54, 1.807) is 0 Å². The quantitative estimate of drug-likeness (QED) is 0.900. The molecule has 0 aromatic heterocycles. The average molecular weight is 260 g/mol. The van der Waals surface area contributed by atoms with Crippen LogP contribution in [0.1, 0.15) is 25.7 Å². The molecule has 0 saturated carbocycles. The maximum absolute atomic E-state index is 5.39. The molecule has 0 amide bonds. The third-order valence-corrected chi connectivity index (χ3v) is 4.27. The van der Waals surface area contributed by atoms with Crippen LogP contribution < -0.4 is 10.2 Å². The van der Waals surface area contributed by atoms with E-state index < -0.39 is 0 Å². The van der Waals surface area contributed by atoms with Crippen molar-refractivity contribution in [2.75, 3.05) is 43.1 Å².